The highest BCUT2D eigenvalue weighted by Gasteiger charge is 2.12. The minimum atomic E-state index is -0.451. The standard InChI is InChI=1S/C20H25ClN4O2/c1-13(2)11-22-19(26)10-20(27)24-23-12-16-9-14(3)25(15(16)4)18-8-6-5-7-17(18)21/h5-9,12-13H,10-11H2,1-4H3,(H,22,26)(H,24,27)/b23-12+. The number of nitrogens with zero attached hydrogens (tertiary/aromatic N) is 2. The fraction of sp³-hybridized carbons (Fsp3) is 0.350. The fourth-order valence-corrected chi connectivity index (χ4v) is 2.88. The number of hydrazone groups is 1. The topological polar surface area (TPSA) is 75.5 Å². The van der Waals surface area contributed by atoms with E-state index in [4.69, 9.17) is 11.6 Å². The minimum absolute atomic E-state index is 0.247. The first-order valence-corrected chi connectivity index (χ1v) is 9.19. The van der Waals surface area contributed by atoms with Crippen molar-refractivity contribution >= 4 is 29.6 Å². The summed E-state index contributed by atoms with van der Waals surface area (Å²) >= 11 is 6.30. The third kappa shape index (κ3) is 5.69. The summed E-state index contributed by atoms with van der Waals surface area (Å²) in [6.07, 6.45) is 1.32. The Labute approximate surface area is 164 Å². The highest BCUT2D eigenvalue weighted by atomic mass is 35.5. The van der Waals surface area contributed by atoms with Crippen molar-refractivity contribution in [1.82, 2.24) is 15.3 Å². The number of para-hydroxylation sites is 1. The second kappa shape index (κ2) is 9.37. The van der Waals surface area contributed by atoms with Gasteiger partial charge in [0.25, 0.3) is 0 Å². The molecule has 2 N–H and O–H groups in total. The number of amides is 2. The third-order valence-corrected chi connectivity index (χ3v) is 4.30. The van der Waals surface area contributed by atoms with Gasteiger partial charge in [-0.25, -0.2) is 5.43 Å². The van der Waals surface area contributed by atoms with Crippen LogP contribution >= 0.6 is 11.6 Å². The molecule has 0 saturated carbocycles. The maximum Gasteiger partial charge on any atom is 0.249 e. The Kier molecular flexibility index (Phi) is 7.19. The van der Waals surface area contributed by atoms with Crippen LogP contribution in [0.4, 0.5) is 0 Å². The summed E-state index contributed by atoms with van der Waals surface area (Å²) in [7, 11) is 0. The molecule has 0 unspecified atom stereocenters. The van der Waals surface area contributed by atoms with Crippen molar-refractivity contribution in [3.05, 3.63) is 52.3 Å². The first-order chi connectivity index (χ1) is 12.8. The first-order valence-electron chi connectivity index (χ1n) is 8.82. The maximum atomic E-state index is 11.8. The molecular weight excluding hydrogens is 364 g/mol. The molecule has 0 bridgehead atoms. The number of hydrogen-bond acceptors (Lipinski definition) is 3. The van der Waals surface area contributed by atoms with Crippen LogP contribution in [-0.4, -0.2) is 29.1 Å². The zero-order valence-corrected chi connectivity index (χ0v) is 16.8. The van der Waals surface area contributed by atoms with Crippen LogP contribution in [0.25, 0.3) is 5.69 Å². The van der Waals surface area contributed by atoms with Crippen LogP contribution in [-0.2, 0) is 9.59 Å². The lowest BCUT2D eigenvalue weighted by atomic mass is 10.2. The van der Waals surface area contributed by atoms with E-state index >= 15 is 0 Å². The van der Waals surface area contributed by atoms with E-state index in [1.807, 2.05) is 62.6 Å². The molecular formula is C20H25ClN4O2. The molecule has 1 aromatic carbocycles. The minimum Gasteiger partial charge on any atom is -0.355 e. The maximum absolute atomic E-state index is 11.8. The van der Waals surface area contributed by atoms with E-state index in [-0.39, 0.29) is 12.3 Å². The zero-order chi connectivity index (χ0) is 20.0. The van der Waals surface area contributed by atoms with Crippen molar-refractivity contribution in [3.63, 3.8) is 0 Å². The van der Waals surface area contributed by atoms with Crippen LogP contribution in [0.3, 0.4) is 0 Å². The van der Waals surface area contributed by atoms with Crippen LogP contribution in [0.1, 0.15) is 37.2 Å². The molecule has 0 fully saturated rings. The number of aryl methyl sites for hydroxylation is 1. The molecule has 6 nitrogen and oxygen atoms in total. The Balaban J connectivity index is 2.02. The van der Waals surface area contributed by atoms with Gasteiger partial charge < -0.3 is 9.88 Å². The molecule has 0 saturated heterocycles. The molecule has 0 aliphatic rings. The molecule has 2 amide bonds. The summed E-state index contributed by atoms with van der Waals surface area (Å²) in [5.74, 6) is -0.427. The van der Waals surface area contributed by atoms with Crippen LogP contribution < -0.4 is 10.7 Å². The van der Waals surface area contributed by atoms with E-state index in [2.05, 4.69) is 15.8 Å². The average molecular weight is 389 g/mol. The van der Waals surface area contributed by atoms with E-state index < -0.39 is 5.91 Å². The van der Waals surface area contributed by atoms with Gasteiger partial charge in [-0.1, -0.05) is 37.6 Å². The molecule has 1 aromatic heterocycles. The van der Waals surface area contributed by atoms with Gasteiger partial charge in [0.15, 0.2) is 0 Å². The lowest BCUT2D eigenvalue weighted by molar-refractivity contribution is -0.129. The number of hydrogen-bond donors (Lipinski definition) is 2. The molecule has 1 heterocycles. The van der Waals surface area contributed by atoms with Crippen molar-refractivity contribution in [2.75, 3.05) is 6.54 Å². The van der Waals surface area contributed by atoms with E-state index in [0.29, 0.717) is 17.5 Å². The molecule has 0 radical (unpaired) electrons. The van der Waals surface area contributed by atoms with Gasteiger partial charge in [0.05, 0.1) is 16.9 Å². The second-order valence-corrected chi connectivity index (χ2v) is 7.19. The predicted molar refractivity (Wildman–Crippen MR) is 108 cm³/mol. The van der Waals surface area contributed by atoms with Crippen molar-refractivity contribution < 1.29 is 9.59 Å². The van der Waals surface area contributed by atoms with Crippen molar-refractivity contribution in [2.24, 2.45) is 11.0 Å². The summed E-state index contributed by atoms with van der Waals surface area (Å²) in [6.45, 7) is 8.46. The van der Waals surface area contributed by atoms with Crippen molar-refractivity contribution in [1.29, 1.82) is 0 Å². The summed E-state index contributed by atoms with van der Waals surface area (Å²) in [5.41, 5.74) is 6.09. The third-order valence-electron chi connectivity index (χ3n) is 3.99. The molecule has 2 aromatic rings. The highest BCUT2D eigenvalue weighted by Crippen LogP contribution is 2.25. The molecule has 2 rings (SSSR count). The number of carbonyl (C=O) groups is 2. The number of nitrogens with one attached hydrogen (secondary N) is 2. The van der Waals surface area contributed by atoms with E-state index in [9.17, 15) is 9.59 Å². The van der Waals surface area contributed by atoms with Gasteiger partial charge in [-0.05, 0) is 38.0 Å². The van der Waals surface area contributed by atoms with Gasteiger partial charge in [-0.2, -0.15) is 5.10 Å². The van der Waals surface area contributed by atoms with Gasteiger partial charge in [0.2, 0.25) is 11.8 Å². The van der Waals surface area contributed by atoms with E-state index in [1.165, 1.54) is 0 Å². The number of benzene rings is 1. The number of aromatic nitrogens is 1. The average Bonchev–Trinajstić information content (AvgIpc) is 2.87. The first kappa shape index (κ1) is 20.7. The largest absolute Gasteiger partial charge is 0.355 e. The van der Waals surface area contributed by atoms with Crippen LogP contribution in [0.2, 0.25) is 5.02 Å². The Morgan fingerprint density at radius 1 is 1.22 bits per heavy atom. The molecule has 0 atom stereocenters. The van der Waals surface area contributed by atoms with Crippen molar-refractivity contribution in [3.8, 4) is 5.69 Å². The lowest BCUT2D eigenvalue weighted by Crippen LogP contribution is -2.32. The zero-order valence-electron chi connectivity index (χ0n) is 16.0. The van der Waals surface area contributed by atoms with Gasteiger partial charge in [0, 0.05) is 23.5 Å². The van der Waals surface area contributed by atoms with Gasteiger partial charge >= 0.3 is 0 Å². The second-order valence-electron chi connectivity index (χ2n) is 6.78. The van der Waals surface area contributed by atoms with Crippen molar-refractivity contribution in [2.45, 2.75) is 34.1 Å². The summed E-state index contributed by atoms with van der Waals surface area (Å²) in [5, 5.41) is 7.32. The smallest absolute Gasteiger partial charge is 0.249 e. The Bertz CT molecular complexity index is 856. The number of rotatable bonds is 7. The van der Waals surface area contributed by atoms with Gasteiger partial charge in [-0.15, -0.1) is 0 Å². The normalized spacial score (nSPS) is 11.2. The molecule has 0 aliphatic carbocycles. The molecule has 27 heavy (non-hydrogen) atoms. The monoisotopic (exact) mass is 388 g/mol. The van der Waals surface area contributed by atoms with Crippen LogP contribution in [0.15, 0.2) is 35.4 Å². The summed E-state index contributed by atoms with van der Waals surface area (Å²) in [4.78, 5) is 23.4. The summed E-state index contributed by atoms with van der Waals surface area (Å²) in [6, 6.07) is 9.56. The van der Waals surface area contributed by atoms with Crippen LogP contribution in [0, 0.1) is 19.8 Å². The van der Waals surface area contributed by atoms with Gasteiger partial charge in [-0.3, -0.25) is 9.59 Å². The molecule has 7 heteroatoms. The number of halogens is 1. The quantitative estimate of drug-likeness (QED) is 0.433. The predicted octanol–water partition coefficient (Wildman–Crippen LogP) is 3.36. The Morgan fingerprint density at radius 3 is 2.59 bits per heavy atom. The molecule has 0 spiro atoms. The number of carbonyl (C=O) groups excluding carboxylic acids is 2. The van der Waals surface area contributed by atoms with Crippen LogP contribution in [0.5, 0.6) is 0 Å². The van der Waals surface area contributed by atoms with E-state index in [0.717, 1.165) is 22.6 Å². The Hall–Kier alpha value is -2.60. The molecule has 144 valence electrons. The molecule has 0 aliphatic heterocycles. The summed E-state index contributed by atoms with van der Waals surface area (Å²) < 4.78 is 2.03. The fourth-order valence-electron chi connectivity index (χ4n) is 2.66. The van der Waals surface area contributed by atoms with E-state index in [1.54, 1.807) is 6.21 Å². The lowest BCUT2D eigenvalue weighted by Gasteiger charge is -2.11. The SMILES string of the molecule is Cc1cc(/C=N/NC(=O)CC(=O)NCC(C)C)c(C)n1-c1ccccc1Cl. The van der Waals surface area contributed by atoms with Gasteiger partial charge in [0.1, 0.15) is 6.42 Å². The highest BCUT2D eigenvalue weighted by molar-refractivity contribution is 6.32. The Morgan fingerprint density at radius 2 is 1.93 bits per heavy atom.